The van der Waals surface area contributed by atoms with Gasteiger partial charge in [0.2, 0.25) is 11.8 Å². The van der Waals surface area contributed by atoms with Gasteiger partial charge in [0.25, 0.3) is 0 Å². The van der Waals surface area contributed by atoms with Gasteiger partial charge in [-0.3, -0.25) is 14.5 Å². The number of fused-ring (bicyclic) bond motifs is 3. The number of aliphatic hydroxyl groups is 2. The van der Waals surface area contributed by atoms with Crippen LogP contribution in [0.15, 0.2) is 87.9 Å². The molecule has 0 bridgehead atoms. The summed E-state index contributed by atoms with van der Waals surface area (Å²) in [5.41, 5.74) is 4.94. The molecule has 6 rings (SSSR count). The van der Waals surface area contributed by atoms with Gasteiger partial charge in [0.15, 0.2) is 0 Å². The quantitative estimate of drug-likeness (QED) is 0.145. The summed E-state index contributed by atoms with van der Waals surface area (Å²) >= 11 is 0. The normalized spacial score (nSPS) is 23.7. The molecule has 3 aromatic rings. The van der Waals surface area contributed by atoms with Crippen LogP contribution in [0.25, 0.3) is 6.08 Å². The van der Waals surface area contributed by atoms with Crippen LogP contribution < -0.4 is 10.2 Å². The van der Waals surface area contributed by atoms with Crippen LogP contribution >= 0.6 is 0 Å². The van der Waals surface area contributed by atoms with Gasteiger partial charge in [0.05, 0.1) is 30.2 Å². The maximum absolute atomic E-state index is 14.0. The van der Waals surface area contributed by atoms with E-state index in [9.17, 15) is 24.8 Å². The largest absolute Gasteiger partial charge is 0.459 e. The highest BCUT2D eigenvalue weighted by atomic mass is 16.5. The molecular formula is C34H37BN2O7. The summed E-state index contributed by atoms with van der Waals surface area (Å²) in [6, 6.07) is 20.5. The summed E-state index contributed by atoms with van der Waals surface area (Å²) in [7, 11) is -1.08. The number of carbonyl (C=O) groups excluding carboxylic acids is 2. The maximum atomic E-state index is 14.0. The van der Waals surface area contributed by atoms with Gasteiger partial charge >= 0.3 is 7.12 Å². The van der Waals surface area contributed by atoms with E-state index in [0.717, 1.165) is 34.5 Å². The minimum Gasteiger partial charge on any atom is -0.459 e. The Balaban J connectivity index is 1.22. The number of hydrogen-bond donors (Lipinski definition) is 4. The van der Waals surface area contributed by atoms with Crippen LogP contribution in [0.1, 0.15) is 44.1 Å². The molecule has 1 aliphatic carbocycles. The molecule has 3 heterocycles. The van der Waals surface area contributed by atoms with Crippen molar-refractivity contribution in [3.05, 3.63) is 95.0 Å². The molecule has 2 aliphatic heterocycles. The Bertz CT molecular complexity index is 1570. The molecule has 2 aromatic carbocycles. The zero-order chi connectivity index (χ0) is 30.8. The van der Waals surface area contributed by atoms with E-state index in [0.29, 0.717) is 30.0 Å². The van der Waals surface area contributed by atoms with E-state index in [1.165, 1.54) is 4.90 Å². The number of allylic oxidation sites excluding steroid dienone is 1. The van der Waals surface area contributed by atoms with Crippen LogP contribution in [0.2, 0.25) is 6.32 Å². The van der Waals surface area contributed by atoms with Crippen molar-refractivity contribution < 1.29 is 33.9 Å². The van der Waals surface area contributed by atoms with Crippen LogP contribution in [0.4, 0.5) is 17.1 Å². The van der Waals surface area contributed by atoms with Crippen molar-refractivity contribution in [2.45, 2.75) is 51.6 Å². The van der Waals surface area contributed by atoms with E-state index in [-0.39, 0.29) is 37.8 Å². The second-order valence-corrected chi connectivity index (χ2v) is 11.7. The Hall–Kier alpha value is -3.96. The van der Waals surface area contributed by atoms with Crippen LogP contribution in [-0.4, -0.2) is 46.9 Å². The smallest absolute Gasteiger partial charge is 0.455 e. The zero-order valence-electron chi connectivity index (χ0n) is 24.7. The number of hydrogen-bond acceptors (Lipinski definition) is 8. The van der Waals surface area contributed by atoms with Crippen LogP contribution in [0.3, 0.4) is 0 Å². The number of amides is 2. The van der Waals surface area contributed by atoms with E-state index in [1.54, 1.807) is 18.2 Å². The molecule has 0 spiro atoms. The second kappa shape index (κ2) is 13.0. The van der Waals surface area contributed by atoms with Crippen molar-refractivity contribution in [1.29, 1.82) is 0 Å². The number of benzene rings is 2. The highest BCUT2D eigenvalue weighted by Gasteiger charge is 2.57. The Morgan fingerprint density at radius 1 is 0.977 bits per heavy atom. The molecule has 2 amide bonds. The fourth-order valence-electron chi connectivity index (χ4n) is 6.97. The third-order valence-electron chi connectivity index (χ3n) is 9.05. The van der Waals surface area contributed by atoms with Crippen LogP contribution in [0.5, 0.6) is 0 Å². The van der Waals surface area contributed by atoms with Crippen molar-refractivity contribution in [3.8, 4) is 0 Å². The number of aliphatic hydroxyl groups excluding tert-OH is 2. The van der Waals surface area contributed by atoms with Gasteiger partial charge in [0.1, 0.15) is 18.1 Å². The molecule has 9 nitrogen and oxygen atoms in total. The lowest BCUT2D eigenvalue weighted by molar-refractivity contribution is -0.122. The number of rotatable bonds is 10. The first-order valence-corrected chi connectivity index (χ1v) is 15.2. The lowest BCUT2D eigenvalue weighted by Crippen LogP contribution is -2.46. The lowest BCUT2D eigenvalue weighted by Gasteiger charge is -2.43. The Kier molecular flexibility index (Phi) is 8.86. The number of nitrogens with zero attached hydrogens (tertiary/aromatic N) is 1. The Labute approximate surface area is 257 Å². The zero-order valence-corrected chi connectivity index (χ0v) is 24.7. The van der Waals surface area contributed by atoms with Crippen LogP contribution in [-0.2, 0) is 20.9 Å². The van der Waals surface area contributed by atoms with Gasteiger partial charge in [-0.2, -0.15) is 0 Å². The molecule has 44 heavy (non-hydrogen) atoms. The molecule has 3 aliphatic rings. The molecular weight excluding hydrogens is 559 g/mol. The number of imide groups is 1. The SMILES string of the molecule is CC/C(=C\c1ccc(CO)o1)CC[C@H]1OB(O)C[C@H]2C1=C(CO)C[C@H]1C(=O)N(c3ccc(Nc4ccccc4)cc3)C(=O)[C@H]12. The number of carbonyl (C=O) groups is 2. The number of furan rings is 1. The highest BCUT2D eigenvalue weighted by Crippen LogP contribution is 2.51. The molecule has 228 valence electrons. The first kappa shape index (κ1) is 30.1. The summed E-state index contributed by atoms with van der Waals surface area (Å²) in [6.45, 7) is 1.64. The molecule has 10 heteroatoms. The van der Waals surface area contributed by atoms with Gasteiger partial charge < -0.3 is 29.6 Å². The van der Waals surface area contributed by atoms with E-state index in [4.69, 9.17) is 9.07 Å². The molecule has 0 saturated carbocycles. The summed E-state index contributed by atoms with van der Waals surface area (Å²) in [4.78, 5) is 29.0. The minimum absolute atomic E-state index is 0.166. The topological polar surface area (TPSA) is 132 Å². The van der Waals surface area contributed by atoms with Crippen LogP contribution in [0, 0.1) is 17.8 Å². The molecule has 0 unspecified atom stereocenters. The predicted octanol–water partition coefficient (Wildman–Crippen LogP) is 5.08. The van der Waals surface area contributed by atoms with Gasteiger partial charge in [-0.05, 0) is 104 Å². The average Bonchev–Trinajstić information content (AvgIpc) is 3.60. The maximum Gasteiger partial charge on any atom is 0.455 e. The monoisotopic (exact) mass is 596 g/mol. The molecule has 0 radical (unpaired) electrons. The van der Waals surface area contributed by atoms with Crippen molar-refractivity contribution in [2.75, 3.05) is 16.8 Å². The number of nitrogens with one attached hydrogen (secondary N) is 1. The van der Waals surface area contributed by atoms with Gasteiger partial charge in [-0.1, -0.05) is 30.7 Å². The number of para-hydroxylation sites is 1. The Morgan fingerprint density at radius 2 is 1.73 bits per heavy atom. The Morgan fingerprint density at radius 3 is 2.41 bits per heavy atom. The van der Waals surface area contributed by atoms with Gasteiger partial charge in [-0.25, -0.2) is 0 Å². The summed E-state index contributed by atoms with van der Waals surface area (Å²) in [6.07, 6.45) is 3.89. The van der Waals surface area contributed by atoms with Crippen molar-refractivity contribution in [2.24, 2.45) is 17.8 Å². The van der Waals surface area contributed by atoms with E-state index in [2.05, 4.69) is 5.32 Å². The number of anilines is 3. The predicted molar refractivity (Wildman–Crippen MR) is 168 cm³/mol. The first-order valence-electron chi connectivity index (χ1n) is 15.2. The van der Waals surface area contributed by atoms with E-state index in [1.807, 2.05) is 61.5 Å². The van der Waals surface area contributed by atoms with Gasteiger partial charge in [0, 0.05) is 11.4 Å². The second-order valence-electron chi connectivity index (χ2n) is 11.7. The fraction of sp³-hybridized carbons (Fsp3) is 0.353. The third kappa shape index (κ3) is 5.90. The standard InChI is InChI=1S/C34H37BN2O7/c1-2-21(16-26-13-14-27(20-39)43-26)8-15-30-31-22(19-38)17-28-32(29(31)18-35(42)44-30)34(41)37(33(28)40)25-11-9-24(10-12-25)36-23-6-4-3-5-7-23/h3-7,9-14,16,28-30,32,36,38-39,42H,2,8,15,17-20H2,1H3/b21-16+/t28-,29+,30-,32-/m1/s1. The highest BCUT2D eigenvalue weighted by molar-refractivity contribution is 6.43. The van der Waals surface area contributed by atoms with Crippen molar-refractivity contribution in [3.63, 3.8) is 0 Å². The van der Waals surface area contributed by atoms with Crippen molar-refractivity contribution in [1.82, 2.24) is 0 Å². The molecule has 2 saturated heterocycles. The molecule has 4 atom stereocenters. The first-order chi connectivity index (χ1) is 21.4. The fourth-order valence-corrected chi connectivity index (χ4v) is 6.97. The van der Waals surface area contributed by atoms with E-state index >= 15 is 0 Å². The lowest BCUT2D eigenvalue weighted by atomic mass is 9.58. The summed E-state index contributed by atoms with van der Waals surface area (Å²) in [5.74, 6) is -1.03. The van der Waals surface area contributed by atoms with E-state index < -0.39 is 31.0 Å². The average molecular weight is 596 g/mol. The van der Waals surface area contributed by atoms with Gasteiger partial charge in [-0.15, -0.1) is 0 Å². The third-order valence-corrected chi connectivity index (χ3v) is 9.05. The molecule has 2 fully saturated rings. The minimum atomic E-state index is -1.08. The summed E-state index contributed by atoms with van der Waals surface area (Å²) in [5, 5.41) is 33.8. The van der Waals surface area contributed by atoms with Crippen molar-refractivity contribution >= 4 is 42.1 Å². The molecule has 4 N–H and O–H groups in total. The molecule has 1 aromatic heterocycles. The summed E-state index contributed by atoms with van der Waals surface area (Å²) < 4.78 is 11.7.